The Labute approximate surface area is 86.6 Å². The maximum absolute atomic E-state index is 10.3. The fourth-order valence-electron chi connectivity index (χ4n) is 1.09. The molecule has 3 nitrogen and oxygen atoms in total. The quantitative estimate of drug-likeness (QED) is 0.769. The molecule has 0 aliphatic rings. The molecule has 0 aliphatic carbocycles. The van der Waals surface area contributed by atoms with Gasteiger partial charge in [-0.25, -0.2) is 0 Å². The van der Waals surface area contributed by atoms with Crippen molar-refractivity contribution in [1.29, 1.82) is 0 Å². The van der Waals surface area contributed by atoms with Gasteiger partial charge in [-0.3, -0.25) is 4.55 Å². The molecule has 1 aromatic carbocycles. The molecule has 0 amide bonds. The van der Waals surface area contributed by atoms with Crippen LogP contribution in [0.1, 0.15) is 26.3 Å². The summed E-state index contributed by atoms with van der Waals surface area (Å²) < 4.78 is 23.4. The fourth-order valence-corrected chi connectivity index (χ4v) is 1.37. The van der Waals surface area contributed by atoms with Crippen LogP contribution in [0.25, 0.3) is 0 Å². The number of hydrogen-bond acceptors (Lipinski definition) is 2. The van der Waals surface area contributed by atoms with Crippen molar-refractivity contribution >= 4 is 11.4 Å². The Morgan fingerprint density at radius 2 is 1.71 bits per heavy atom. The molecule has 0 heterocycles. The molecule has 1 rings (SSSR count). The average molecular weight is 214 g/mol. The Morgan fingerprint density at radius 1 is 1.21 bits per heavy atom. The molecular formula is C10H14O3S. The third kappa shape index (κ3) is 3.12. The van der Waals surface area contributed by atoms with Crippen LogP contribution >= 0.6 is 0 Å². The van der Waals surface area contributed by atoms with Crippen molar-refractivity contribution in [3.8, 4) is 5.75 Å². The minimum Gasteiger partial charge on any atom is -0.380 e. The third-order valence-electron chi connectivity index (χ3n) is 1.89. The first-order chi connectivity index (χ1) is 6.39. The van der Waals surface area contributed by atoms with E-state index in [0.29, 0.717) is 5.75 Å². The molecule has 0 saturated carbocycles. The second kappa shape index (κ2) is 4.11. The summed E-state index contributed by atoms with van der Waals surface area (Å²) >= 11 is -2.24. The summed E-state index contributed by atoms with van der Waals surface area (Å²) in [5, 5.41) is 0. The Hall–Kier alpha value is -0.870. The number of hydrogen-bond donors (Lipinski definition) is 1. The van der Waals surface area contributed by atoms with Crippen LogP contribution < -0.4 is 4.18 Å². The van der Waals surface area contributed by atoms with Crippen molar-refractivity contribution < 1.29 is 12.9 Å². The molecule has 0 aliphatic heterocycles. The van der Waals surface area contributed by atoms with E-state index in [0.717, 1.165) is 5.56 Å². The topological polar surface area (TPSA) is 46.5 Å². The maximum Gasteiger partial charge on any atom is 0.357 e. The molecule has 14 heavy (non-hydrogen) atoms. The Kier molecular flexibility index (Phi) is 3.29. The van der Waals surface area contributed by atoms with Gasteiger partial charge in [0.1, 0.15) is 5.75 Å². The SMILES string of the molecule is CC(C)(C)c1ccc(OS(=O)O)cc1. The van der Waals surface area contributed by atoms with E-state index in [-0.39, 0.29) is 5.41 Å². The van der Waals surface area contributed by atoms with Crippen molar-refractivity contribution in [1.82, 2.24) is 0 Å². The summed E-state index contributed by atoms with van der Waals surface area (Å²) in [7, 11) is 0. The Bertz CT molecular complexity index is 324. The van der Waals surface area contributed by atoms with Crippen LogP contribution in [0.4, 0.5) is 0 Å². The fraction of sp³-hybridized carbons (Fsp3) is 0.400. The highest BCUT2D eigenvalue weighted by Crippen LogP contribution is 2.24. The summed E-state index contributed by atoms with van der Waals surface area (Å²) in [6, 6.07) is 7.16. The molecular weight excluding hydrogens is 200 g/mol. The molecule has 4 heteroatoms. The summed E-state index contributed by atoms with van der Waals surface area (Å²) in [5.41, 5.74) is 1.24. The number of benzene rings is 1. The molecule has 1 unspecified atom stereocenters. The summed E-state index contributed by atoms with van der Waals surface area (Å²) in [6.07, 6.45) is 0. The van der Waals surface area contributed by atoms with Gasteiger partial charge in [-0.05, 0) is 23.1 Å². The van der Waals surface area contributed by atoms with Crippen LogP contribution in [0, 0.1) is 0 Å². The predicted octanol–water partition coefficient (Wildman–Crippen LogP) is 2.50. The summed E-state index contributed by atoms with van der Waals surface area (Å²) in [6.45, 7) is 6.31. The monoisotopic (exact) mass is 214 g/mol. The first kappa shape index (κ1) is 11.2. The zero-order valence-corrected chi connectivity index (χ0v) is 9.30. The van der Waals surface area contributed by atoms with Gasteiger partial charge >= 0.3 is 11.4 Å². The van der Waals surface area contributed by atoms with E-state index in [2.05, 4.69) is 25.0 Å². The smallest absolute Gasteiger partial charge is 0.357 e. The molecule has 1 N–H and O–H groups in total. The maximum atomic E-state index is 10.3. The highest BCUT2D eigenvalue weighted by Gasteiger charge is 2.13. The van der Waals surface area contributed by atoms with Gasteiger partial charge in [0.15, 0.2) is 0 Å². The van der Waals surface area contributed by atoms with E-state index in [1.54, 1.807) is 12.1 Å². The molecule has 1 aromatic rings. The molecule has 0 bridgehead atoms. The van der Waals surface area contributed by atoms with Crippen molar-refractivity contribution in [3.05, 3.63) is 29.8 Å². The largest absolute Gasteiger partial charge is 0.380 e. The van der Waals surface area contributed by atoms with Crippen LogP contribution in [-0.2, 0) is 16.8 Å². The van der Waals surface area contributed by atoms with Crippen LogP contribution in [0.15, 0.2) is 24.3 Å². The van der Waals surface area contributed by atoms with Crippen molar-refractivity contribution in [2.75, 3.05) is 0 Å². The van der Waals surface area contributed by atoms with Gasteiger partial charge in [-0.15, -0.1) is 0 Å². The minimum absolute atomic E-state index is 0.0803. The Balaban J connectivity index is 2.84. The van der Waals surface area contributed by atoms with Gasteiger partial charge in [0.25, 0.3) is 0 Å². The van der Waals surface area contributed by atoms with Crippen LogP contribution in [0.2, 0.25) is 0 Å². The lowest BCUT2D eigenvalue weighted by Crippen LogP contribution is -2.10. The standard InChI is InChI=1S/C10H14O3S/c1-10(2,3)8-4-6-9(7-5-8)13-14(11)12/h4-7H,1-3H3,(H,11,12). The zero-order chi connectivity index (χ0) is 10.8. The lowest BCUT2D eigenvalue weighted by molar-refractivity contribution is 0.457. The highest BCUT2D eigenvalue weighted by molar-refractivity contribution is 7.74. The summed E-state index contributed by atoms with van der Waals surface area (Å²) in [4.78, 5) is 0. The second-order valence-electron chi connectivity index (χ2n) is 4.07. The summed E-state index contributed by atoms with van der Waals surface area (Å²) in [5.74, 6) is 0.402. The van der Waals surface area contributed by atoms with E-state index < -0.39 is 11.4 Å². The predicted molar refractivity (Wildman–Crippen MR) is 56.5 cm³/mol. The van der Waals surface area contributed by atoms with Crippen molar-refractivity contribution in [2.24, 2.45) is 0 Å². The molecule has 0 spiro atoms. The van der Waals surface area contributed by atoms with E-state index in [1.807, 2.05) is 12.1 Å². The average Bonchev–Trinajstić information content (AvgIpc) is 2.02. The molecule has 78 valence electrons. The van der Waals surface area contributed by atoms with Crippen molar-refractivity contribution in [3.63, 3.8) is 0 Å². The lowest BCUT2D eigenvalue weighted by atomic mass is 9.87. The first-order valence-electron chi connectivity index (χ1n) is 4.29. The van der Waals surface area contributed by atoms with Gasteiger partial charge in [0.05, 0.1) is 0 Å². The molecule has 1 atom stereocenters. The normalized spacial score (nSPS) is 13.7. The van der Waals surface area contributed by atoms with E-state index in [9.17, 15) is 4.21 Å². The van der Waals surface area contributed by atoms with Gasteiger partial charge in [0.2, 0.25) is 0 Å². The van der Waals surface area contributed by atoms with Crippen molar-refractivity contribution in [2.45, 2.75) is 26.2 Å². The van der Waals surface area contributed by atoms with Gasteiger partial charge in [0, 0.05) is 0 Å². The first-order valence-corrected chi connectivity index (χ1v) is 5.32. The van der Waals surface area contributed by atoms with Gasteiger partial charge in [-0.1, -0.05) is 32.9 Å². The molecule has 0 saturated heterocycles. The lowest BCUT2D eigenvalue weighted by Gasteiger charge is -2.18. The van der Waals surface area contributed by atoms with Crippen LogP contribution in [0.3, 0.4) is 0 Å². The second-order valence-corrected chi connectivity index (χ2v) is 4.68. The molecule has 0 aromatic heterocycles. The van der Waals surface area contributed by atoms with Crippen LogP contribution in [-0.4, -0.2) is 8.76 Å². The van der Waals surface area contributed by atoms with E-state index in [1.165, 1.54) is 0 Å². The van der Waals surface area contributed by atoms with E-state index >= 15 is 0 Å². The zero-order valence-electron chi connectivity index (χ0n) is 8.48. The van der Waals surface area contributed by atoms with E-state index in [4.69, 9.17) is 4.55 Å². The van der Waals surface area contributed by atoms with Crippen LogP contribution in [0.5, 0.6) is 5.75 Å². The molecule has 0 fully saturated rings. The molecule has 0 radical (unpaired) electrons. The highest BCUT2D eigenvalue weighted by atomic mass is 32.2. The number of rotatable bonds is 2. The third-order valence-corrected chi connectivity index (χ3v) is 2.22. The Morgan fingerprint density at radius 3 is 2.07 bits per heavy atom. The minimum atomic E-state index is -2.24. The van der Waals surface area contributed by atoms with Gasteiger partial charge < -0.3 is 4.18 Å². The van der Waals surface area contributed by atoms with Gasteiger partial charge in [-0.2, -0.15) is 4.21 Å².